The van der Waals surface area contributed by atoms with Gasteiger partial charge in [0, 0.05) is 21.2 Å². The van der Waals surface area contributed by atoms with Crippen LogP contribution in [0.3, 0.4) is 0 Å². The zero-order valence-corrected chi connectivity index (χ0v) is 19.0. The van der Waals surface area contributed by atoms with E-state index in [1.807, 2.05) is 72.2 Å². The molecule has 0 radical (unpaired) electrons. The lowest BCUT2D eigenvalue weighted by Gasteiger charge is -2.14. The Bertz CT molecular complexity index is 1490. The zero-order chi connectivity index (χ0) is 22.9. The van der Waals surface area contributed by atoms with Crippen LogP contribution in [0.25, 0.3) is 33.1 Å². The fourth-order valence-electron chi connectivity index (χ4n) is 4.02. The maximum atomic E-state index is 13.0. The lowest BCUT2D eigenvalue weighted by Crippen LogP contribution is -2.21. The molecule has 0 aliphatic carbocycles. The Morgan fingerprint density at radius 2 is 1.58 bits per heavy atom. The smallest absolute Gasteiger partial charge is 0.246 e. The van der Waals surface area contributed by atoms with Gasteiger partial charge in [0.1, 0.15) is 12.3 Å². The van der Waals surface area contributed by atoms with E-state index in [4.69, 9.17) is 4.74 Å². The molecule has 0 atom stereocenters. The molecular weight excluding hydrogens is 434 g/mol. The molecule has 0 aliphatic rings. The second kappa shape index (κ2) is 8.52. The van der Waals surface area contributed by atoms with Crippen molar-refractivity contribution < 1.29 is 9.53 Å². The minimum atomic E-state index is -0.205. The van der Waals surface area contributed by atoms with Gasteiger partial charge < -0.3 is 14.6 Å². The van der Waals surface area contributed by atoms with E-state index in [-0.39, 0.29) is 17.9 Å². The van der Waals surface area contributed by atoms with Crippen LogP contribution < -0.4 is 15.5 Å². The number of amides is 1. The van der Waals surface area contributed by atoms with E-state index >= 15 is 0 Å². The molecule has 1 amide bonds. The van der Waals surface area contributed by atoms with Crippen LogP contribution in [0.4, 0.5) is 5.13 Å². The van der Waals surface area contributed by atoms with Crippen LogP contribution in [-0.2, 0) is 11.3 Å². The number of carbonyl (C=O) groups excluding carboxylic acids is 1. The first kappa shape index (κ1) is 20.9. The number of nitrogens with one attached hydrogen (secondary N) is 1. The lowest BCUT2D eigenvalue weighted by molar-refractivity contribution is -0.116. The lowest BCUT2D eigenvalue weighted by atomic mass is 10.1. The standard InChI is InChI=1S/C26H21N3O3S/c1-16-24(17-11-13-18(32-2)14-12-17)28-26(33-16)27-23(30)15-29-21-9-5-3-7-19(21)25(31)20-8-4-6-10-22(20)29/h3-14H,15H2,1-2H3,(H,27,28,30). The summed E-state index contributed by atoms with van der Waals surface area (Å²) in [7, 11) is 1.63. The summed E-state index contributed by atoms with van der Waals surface area (Å²) in [6.07, 6.45) is 0. The quantitative estimate of drug-likeness (QED) is 0.368. The highest BCUT2D eigenvalue weighted by Gasteiger charge is 2.15. The summed E-state index contributed by atoms with van der Waals surface area (Å²) in [6, 6.07) is 22.4. The van der Waals surface area contributed by atoms with Gasteiger partial charge in [-0.1, -0.05) is 24.3 Å². The number of nitrogens with zero attached hydrogens (tertiary/aromatic N) is 2. The van der Waals surface area contributed by atoms with E-state index < -0.39 is 0 Å². The highest BCUT2D eigenvalue weighted by atomic mass is 32.1. The number of para-hydroxylation sites is 2. The van der Waals surface area contributed by atoms with Crippen molar-refractivity contribution in [3.8, 4) is 17.0 Å². The molecule has 2 aromatic heterocycles. The molecule has 0 aliphatic heterocycles. The maximum Gasteiger partial charge on any atom is 0.246 e. The molecule has 5 aromatic rings. The number of thiazole rings is 1. The number of ether oxygens (including phenoxy) is 1. The number of methoxy groups -OCH3 is 1. The van der Waals surface area contributed by atoms with Crippen molar-refractivity contribution >= 4 is 44.2 Å². The number of carbonyl (C=O) groups is 1. The molecule has 164 valence electrons. The van der Waals surface area contributed by atoms with Gasteiger partial charge in [-0.15, -0.1) is 11.3 Å². The first-order valence-electron chi connectivity index (χ1n) is 10.5. The van der Waals surface area contributed by atoms with E-state index in [9.17, 15) is 9.59 Å². The van der Waals surface area contributed by atoms with Crippen LogP contribution >= 0.6 is 11.3 Å². The number of hydrogen-bond donors (Lipinski definition) is 1. The number of aromatic nitrogens is 2. The van der Waals surface area contributed by atoms with Gasteiger partial charge in [0.15, 0.2) is 10.6 Å². The van der Waals surface area contributed by atoms with Crippen molar-refractivity contribution in [1.82, 2.24) is 9.55 Å². The van der Waals surface area contributed by atoms with Gasteiger partial charge in [0.25, 0.3) is 0 Å². The molecule has 2 heterocycles. The van der Waals surface area contributed by atoms with Crippen LogP contribution in [0.2, 0.25) is 0 Å². The van der Waals surface area contributed by atoms with Crippen LogP contribution in [0, 0.1) is 6.92 Å². The van der Waals surface area contributed by atoms with E-state index in [2.05, 4.69) is 10.3 Å². The largest absolute Gasteiger partial charge is 0.497 e. The van der Waals surface area contributed by atoms with Crippen molar-refractivity contribution in [3.05, 3.63) is 87.9 Å². The van der Waals surface area contributed by atoms with Gasteiger partial charge in [-0.3, -0.25) is 9.59 Å². The highest BCUT2D eigenvalue weighted by Crippen LogP contribution is 2.31. The first-order chi connectivity index (χ1) is 16.0. The van der Waals surface area contributed by atoms with Crippen LogP contribution in [0.1, 0.15) is 4.88 Å². The van der Waals surface area contributed by atoms with Crippen molar-refractivity contribution in [3.63, 3.8) is 0 Å². The van der Waals surface area contributed by atoms with E-state index in [1.165, 1.54) is 11.3 Å². The fourth-order valence-corrected chi connectivity index (χ4v) is 4.87. The summed E-state index contributed by atoms with van der Waals surface area (Å²) in [5.74, 6) is 0.574. The summed E-state index contributed by atoms with van der Waals surface area (Å²) in [4.78, 5) is 31.6. The summed E-state index contributed by atoms with van der Waals surface area (Å²) in [6.45, 7) is 2.05. The second-order valence-corrected chi connectivity index (χ2v) is 8.85. The monoisotopic (exact) mass is 455 g/mol. The fraction of sp³-hybridized carbons (Fsp3) is 0.115. The number of fused-ring (bicyclic) bond motifs is 2. The molecule has 1 N–H and O–H groups in total. The van der Waals surface area contributed by atoms with Gasteiger partial charge in [0.05, 0.1) is 23.8 Å². The third kappa shape index (κ3) is 3.87. The predicted octanol–water partition coefficient (Wildman–Crippen LogP) is 5.23. The predicted molar refractivity (Wildman–Crippen MR) is 133 cm³/mol. The van der Waals surface area contributed by atoms with E-state index in [0.717, 1.165) is 32.9 Å². The molecule has 7 heteroatoms. The molecule has 33 heavy (non-hydrogen) atoms. The third-order valence-electron chi connectivity index (χ3n) is 5.59. The van der Waals surface area contributed by atoms with E-state index in [0.29, 0.717) is 15.9 Å². The molecule has 0 unspecified atom stereocenters. The average Bonchev–Trinajstić information content (AvgIpc) is 3.21. The summed E-state index contributed by atoms with van der Waals surface area (Å²) < 4.78 is 7.10. The molecule has 3 aromatic carbocycles. The molecule has 0 saturated carbocycles. The second-order valence-electron chi connectivity index (χ2n) is 7.65. The van der Waals surface area contributed by atoms with Crippen molar-refractivity contribution in [2.24, 2.45) is 0 Å². The van der Waals surface area contributed by atoms with Gasteiger partial charge in [-0.05, 0) is 55.5 Å². The van der Waals surface area contributed by atoms with Crippen LogP contribution in [-0.4, -0.2) is 22.6 Å². The van der Waals surface area contributed by atoms with Crippen molar-refractivity contribution in [1.29, 1.82) is 0 Å². The molecular formula is C26H21N3O3S. The Morgan fingerprint density at radius 1 is 0.970 bits per heavy atom. The summed E-state index contributed by atoms with van der Waals surface area (Å²) >= 11 is 1.43. The Labute approximate surface area is 194 Å². The van der Waals surface area contributed by atoms with Crippen molar-refractivity contribution in [2.45, 2.75) is 13.5 Å². The van der Waals surface area contributed by atoms with E-state index in [1.54, 1.807) is 19.2 Å². The van der Waals surface area contributed by atoms with Gasteiger partial charge >= 0.3 is 0 Å². The third-order valence-corrected chi connectivity index (χ3v) is 6.47. The van der Waals surface area contributed by atoms with Crippen molar-refractivity contribution in [2.75, 3.05) is 12.4 Å². The summed E-state index contributed by atoms with van der Waals surface area (Å²) in [5, 5.41) is 4.66. The SMILES string of the molecule is COc1ccc(-c2nc(NC(=O)Cn3c4ccccc4c(=O)c4ccccc43)sc2C)cc1. The maximum absolute atomic E-state index is 13.0. The Hall–Kier alpha value is -3.97. The highest BCUT2D eigenvalue weighted by molar-refractivity contribution is 7.16. The average molecular weight is 456 g/mol. The number of rotatable bonds is 5. The number of hydrogen-bond acceptors (Lipinski definition) is 5. The molecule has 0 fully saturated rings. The first-order valence-corrected chi connectivity index (χ1v) is 11.3. The minimum absolute atomic E-state index is 0.0301. The summed E-state index contributed by atoms with van der Waals surface area (Å²) in [5.41, 5.74) is 3.22. The number of pyridine rings is 1. The number of aryl methyl sites for hydroxylation is 1. The molecule has 6 nitrogen and oxygen atoms in total. The number of anilines is 1. The molecule has 0 bridgehead atoms. The molecule has 5 rings (SSSR count). The normalized spacial score (nSPS) is 11.1. The van der Waals surface area contributed by atoms with Gasteiger partial charge in [-0.2, -0.15) is 0 Å². The van der Waals surface area contributed by atoms with Crippen LogP contribution in [0.5, 0.6) is 5.75 Å². The van der Waals surface area contributed by atoms with Gasteiger partial charge in [-0.25, -0.2) is 4.98 Å². The topological polar surface area (TPSA) is 73.2 Å². The number of benzene rings is 3. The van der Waals surface area contributed by atoms with Gasteiger partial charge in [0.2, 0.25) is 5.91 Å². The van der Waals surface area contributed by atoms with Crippen LogP contribution in [0.15, 0.2) is 77.6 Å². The Kier molecular flexibility index (Phi) is 5.40. The Balaban J connectivity index is 1.46. The zero-order valence-electron chi connectivity index (χ0n) is 18.2. The minimum Gasteiger partial charge on any atom is -0.497 e. The Morgan fingerprint density at radius 3 is 2.18 bits per heavy atom. The molecule has 0 saturated heterocycles. The molecule has 0 spiro atoms.